The first-order valence-corrected chi connectivity index (χ1v) is 10.3. The van der Waals surface area contributed by atoms with E-state index in [1.807, 2.05) is 12.1 Å². The Morgan fingerprint density at radius 3 is 2.00 bits per heavy atom. The minimum atomic E-state index is -3.04. The van der Waals surface area contributed by atoms with Gasteiger partial charge in [-0.2, -0.15) is 8.78 Å². The number of Topliss-reactive ketones (excluding diaryl/α,β-unsaturated/α-hetero) is 1. The average Bonchev–Trinajstić information content (AvgIpc) is 2.77. The minimum Gasteiger partial charge on any atom is -0.434 e. The van der Waals surface area contributed by atoms with E-state index in [4.69, 9.17) is 0 Å². The summed E-state index contributed by atoms with van der Waals surface area (Å²) < 4.78 is 29.7. The largest absolute Gasteiger partial charge is 0.434 e. The van der Waals surface area contributed by atoms with Gasteiger partial charge in [0.05, 0.1) is 5.56 Å². The minimum absolute atomic E-state index is 0.0302. The van der Waals surface area contributed by atoms with E-state index >= 15 is 0 Å². The van der Waals surface area contributed by atoms with Gasteiger partial charge in [0.25, 0.3) is 11.8 Å². The lowest BCUT2D eigenvalue weighted by atomic mass is 9.86. The van der Waals surface area contributed by atoms with Gasteiger partial charge >= 0.3 is 6.61 Å². The molecule has 1 heterocycles. The highest BCUT2D eigenvalue weighted by Crippen LogP contribution is 2.24. The molecule has 0 spiro atoms. The molecule has 170 valence electrons. The molecule has 0 aromatic heterocycles. The van der Waals surface area contributed by atoms with E-state index in [9.17, 15) is 23.2 Å². The standard InChI is InChI=1S/C24H26F2N2O4/c1-24(2,3)17-10-8-16(9-11-17)20(29)22(31)28-14-12-27(13-15-28)21(30)18-6-4-5-7-19(18)32-23(25)26/h4-11,23H,12-15H2,1-3H3. The van der Waals surface area contributed by atoms with Crippen molar-refractivity contribution in [1.82, 2.24) is 9.80 Å². The summed E-state index contributed by atoms with van der Waals surface area (Å²) in [5, 5.41) is 0. The molecule has 0 aliphatic carbocycles. The van der Waals surface area contributed by atoms with Crippen LogP contribution in [0.5, 0.6) is 5.75 Å². The van der Waals surface area contributed by atoms with E-state index in [-0.39, 0.29) is 42.9 Å². The number of ether oxygens (including phenoxy) is 1. The fraction of sp³-hybridized carbons (Fsp3) is 0.375. The monoisotopic (exact) mass is 444 g/mol. The summed E-state index contributed by atoms with van der Waals surface area (Å²) in [5.41, 5.74) is 1.35. The van der Waals surface area contributed by atoms with Crippen molar-refractivity contribution in [3.8, 4) is 5.75 Å². The molecule has 2 aromatic carbocycles. The number of alkyl halides is 2. The molecule has 0 atom stereocenters. The molecule has 1 aliphatic rings. The summed E-state index contributed by atoms with van der Waals surface area (Å²) in [7, 11) is 0. The predicted molar refractivity (Wildman–Crippen MR) is 115 cm³/mol. The molecule has 8 heteroatoms. The molecular weight excluding hydrogens is 418 g/mol. The maximum absolute atomic E-state index is 12.8. The zero-order valence-electron chi connectivity index (χ0n) is 18.3. The normalized spacial score (nSPS) is 14.4. The highest BCUT2D eigenvalue weighted by atomic mass is 19.3. The summed E-state index contributed by atoms with van der Waals surface area (Å²) >= 11 is 0. The van der Waals surface area contributed by atoms with Crippen LogP contribution in [0.15, 0.2) is 48.5 Å². The van der Waals surface area contributed by atoms with Crippen LogP contribution in [0.4, 0.5) is 8.78 Å². The van der Waals surface area contributed by atoms with Crippen molar-refractivity contribution in [3.63, 3.8) is 0 Å². The molecule has 6 nitrogen and oxygen atoms in total. The van der Waals surface area contributed by atoms with E-state index in [1.165, 1.54) is 28.0 Å². The number of nitrogens with zero attached hydrogens (tertiary/aromatic N) is 2. The highest BCUT2D eigenvalue weighted by molar-refractivity contribution is 6.42. The molecular formula is C24H26F2N2O4. The van der Waals surface area contributed by atoms with Crippen LogP contribution < -0.4 is 4.74 Å². The summed E-state index contributed by atoms with van der Waals surface area (Å²) in [5.74, 6) is -1.87. The van der Waals surface area contributed by atoms with Gasteiger partial charge in [0.15, 0.2) is 0 Å². The van der Waals surface area contributed by atoms with Crippen LogP contribution in [0.2, 0.25) is 0 Å². The topological polar surface area (TPSA) is 66.9 Å². The van der Waals surface area contributed by atoms with Crippen LogP contribution >= 0.6 is 0 Å². The number of hydrogen-bond donors (Lipinski definition) is 0. The number of halogens is 2. The van der Waals surface area contributed by atoms with Crippen LogP contribution in [0, 0.1) is 0 Å². The van der Waals surface area contributed by atoms with Crippen molar-refractivity contribution >= 4 is 17.6 Å². The number of ketones is 1. The summed E-state index contributed by atoms with van der Waals surface area (Å²) in [6.07, 6.45) is 0. The van der Waals surface area contributed by atoms with Crippen molar-refractivity contribution in [3.05, 3.63) is 65.2 Å². The van der Waals surface area contributed by atoms with E-state index < -0.39 is 24.2 Å². The molecule has 0 radical (unpaired) electrons. The molecule has 3 rings (SSSR count). The van der Waals surface area contributed by atoms with E-state index in [0.717, 1.165) is 5.56 Å². The molecule has 1 fully saturated rings. The Balaban J connectivity index is 1.62. The Kier molecular flexibility index (Phi) is 6.91. The zero-order valence-corrected chi connectivity index (χ0v) is 18.3. The van der Waals surface area contributed by atoms with Gasteiger partial charge in [-0.25, -0.2) is 0 Å². The Hall–Kier alpha value is -3.29. The fourth-order valence-electron chi connectivity index (χ4n) is 3.51. The highest BCUT2D eigenvalue weighted by Gasteiger charge is 2.30. The van der Waals surface area contributed by atoms with E-state index in [1.54, 1.807) is 18.2 Å². The number of carbonyl (C=O) groups is 3. The Morgan fingerprint density at radius 2 is 1.44 bits per heavy atom. The quantitative estimate of drug-likeness (QED) is 0.520. The summed E-state index contributed by atoms with van der Waals surface area (Å²) in [6.45, 7) is 3.87. The lowest BCUT2D eigenvalue weighted by Gasteiger charge is -2.34. The number of rotatable bonds is 5. The molecule has 1 saturated heterocycles. The van der Waals surface area contributed by atoms with Crippen LogP contribution in [-0.4, -0.2) is 60.2 Å². The Labute approximate surface area is 185 Å². The Bertz CT molecular complexity index is 992. The van der Waals surface area contributed by atoms with Crippen molar-refractivity contribution < 1.29 is 27.9 Å². The van der Waals surface area contributed by atoms with Gasteiger partial charge in [0.1, 0.15) is 5.75 Å². The number of piperazine rings is 1. The van der Waals surface area contributed by atoms with Crippen molar-refractivity contribution in [2.45, 2.75) is 32.8 Å². The lowest BCUT2D eigenvalue weighted by Crippen LogP contribution is -2.52. The Morgan fingerprint density at radius 1 is 0.875 bits per heavy atom. The second kappa shape index (κ2) is 9.46. The molecule has 32 heavy (non-hydrogen) atoms. The molecule has 0 N–H and O–H groups in total. The van der Waals surface area contributed by atoms with Crippen LogP contribution in [-0.2, 0) is 10.2 Å². The maximum Gasteiger partial charge on any atom is 0.387 e. The van der Waals surface area contributed by atoms with E-state index in [2.05, 4.69) is 25.5 Å². The average molecular weight is 444 g/mol. The second-order valence-corrected chi connectivity index (χ2v) is 8.62. The third kappa shape index (κ3) is 5.30. The molecule has 1 aliphatic heterocycles. The lowest BCUT2D eigenvalue weighted by molar-refractivity contribution is -0.127. The van der Waals surface area contributed by atoms with Crippen molar-refractivity contribution in [2.24, 2.45) is 0 Å². The van der Waals surface area contributed by atoms with Gasteiger partial charge in [0, 0.05) is 31.7 Å². The molecule has 0 saturated carbocycles. The molecule has 0 unspecified atom stereocenters. The number of hydrogen-bond acceptors (Lipinski definition) is 4. The van der Waals surface area contributed by atoms with Gasteiger partial charge < -0.3 is 14.5 Å². The summed E-state index contributed by atoms with van der Waals surface area (Å²) in [4.78, 5) is 40.9. The zero-order chi connectivity index (χ0) is 23.5. The van der Waals surface area contributed by atoms with Gasteiger partial charge in [-0.3, -0.25) is 14.4 Å². The third-order valence-corrected chi connectivity index (χ3v) is 5.39. The van der Waals surface area contributed by atoms with Crippen LogP contribution in [0.1, 0.15) is 47.1 Å². The number of benzene rings is 2. The van der Waals surface area contributed by atoms with Gasteiger partial charge in [-0.05, 0) is 23.1 Å². The second-order valence-electron chi connectivity index (χ2n) is 8.62. The van der Waals surface area contributed by atoms with Crippen LogP contribution in [0.3, 0.4) is 0 Å². The summed E-state index contributed by atoms with van der Waals surface area (Å²) in [6, 6.07) is 12.8. The van der Waals surface area contributed by atoms with Gasteiger partial charge in [0.2, 0.25) is 5.78 Å². The predicted octanol–water partition coefficient (Wildman–Crippen LogP) is 3.75. The van der Waals surface area contributed by atoms with Gasteiger partial charge in [-0.15, -0.1) is 0 Å². The number of carbonyl (C=O) groups excluding carboxylic acids is 3. The smallest absolute Gasteiger partial charge is 0.387 e. The molecule has 0 bridgehead atoms. The van der Waals surface area contributed by atoms with Crippen molar-refractivity contribution in [1.29, 1.82) is 0 Å². The maximum atomic E-state index is 12.8. The van der Waals surface area contributed by atoms with Gasteiger partial charge in [-0.1, -0.05) is 57.2 Å². The van der Waals surface area contributed by atoms with Crippen LogP contribution in [0.25, 0.3) is 0 Å². The van der Waals surface area contributed by atoms with Crippen molar-refractivity contribution in [2.75, 3.05) is 26.2 Å². The first-order valence-electron chi connectivity index (χ1n) is 10.3. The van der Waals surface area contributed by atoms with E-state index in [0.29, 0.717) is 5.56 Å². The first-order chi connectivity index (χ1) is 15.1. The first kappa shape index (κ1) is 23.4. The number of para-hydroxylation sites is 1. The third-order valence-electron chi connectivity index (χ3n) is 5.39. The SMILES string of the molecule is CC(C)(C)c1ccc(C(=O)C(=O)N2CCN(C(=O)c3ccccc3OC(F)F)CC2)cc1. The number of amides is 2. The fourth-order valence-corrected chi connectivity index (χ4v) is 3.51. The molecule has 2 amide bonds. The molecule has 2 aromatic rings.